The lowest BCUT2D eigenvalue weighted by Crippen LogP contribution is -2.56. The molecule has 1 saturated heterocycles. The molecule has 104 valence electrons. The van der Waals surface area contributed by atoms with Crippen molar-refractivity contribution in [2.24, 2.45) is 5.41 Å². The molecular formula is C13H16BrNO4. The number of aliphatic hydroxyl groups excluding tert-OH is 1. The molecule has 0 unspecified atom stereocenters. The van der Waals surface area contributed by atoms with Gasteiger partial charge >= 0.3 is 0 Å². The maximum atomic E-state index is 12.0. The second-order valence-corrected chi connectivity index (χ2v) is 5.44. The second kappa shape index (κ2) is 5.90. The number of benzene rings is 1. The number of carbonyl (C=O) groups excluding carboxylic acids is 1. The van der Waals surface area contributed by atoms with Gasteiger partial charge in [0.2, 0.25) is 5.91 Å². The minimum atomic E-state index is -0.760. The van der Waals surface area contributed by atoms with E-state index in [0.717, 1.165) is 15.8 Å². The van der Waals surface area contributed by atoms with Crippen LogP contribution in [0.15, 0.2) is 22.7 Å². The summed E-state index contributed by atoms with van der Waals surface area (Å²) in [4.78, 5) is 12.0. The first-order valence-electron chi connectivity index (χ1n) is 5.90. The molecule has 1 fully saturated rings. The van der Waals surface area contributed by atoms with Gasteiger partial charge in [0.15, 0.2) is 0 Å². The molecule has 1 aliphatic rings. The first-order valence-corrected chi connectivity index (χ1v) is 6.70. The number of aliphatic hydroxyl groups is 1. The predicted molar refractivity (Wildman–Crippen MR) is 72.9 cm³/mol. The highest BCUT2D eigenvalue weighted by Gasteiger charge is 2.45. The number of amides is 1. The largest absolute Gasteiger partial charge is 0.496 e. The van der Waals surface area contributed by atoms with Crippen LogP contribution in [0.5, 0.6) is 5.75 Å². The van der Waals surface area contributed by atoms with E-state index < -0.39 is 5.41 Å². The Labute approximate surface area is 120 Å². The van der Waals surface area contributed by atoms with Crippen LogP contribution in [-0.4, -0.2) is 37.9 Å². The van der Waals surface area contributed by atoms with Gasteiger partial charge in [-0.15, -0.1) is 0 Å². The van der Waals surface area contributed by atoms with Crippen LogP contribution in [0.2, 0.25) is 0 Å². The molecule has 1 aromatic carbocycles. The van der Waals surface area contributed by atoms with Crippen molar-refractivity contribution in [2.45, 2.75) is 6.54 Å². The van der Waals surface area contributed by atoms with Crippen molar-refractivity contribution < 1.29 is 19.4 Å². The molecule has 0 saturated carbocycles. The van der Waals surface area contributed by atoms with Gasteiger partial charge in [-0.05, 0) is 33.6 Å². The predicted octanol–water partition coefficient (Wildman–Crippen LogP) is 1.08. The highest BCUT2D eigenvalue weighted by atomic mass is 79.9. The van der Waals surface area contributed by atoms with Gasteiger partial charge in [-0.25, -0.2) is 0 Å². The SMILES string of the molecule is COc1ccc(CNC(=O)C2(CO)COC2)cc1Br. The fourth-order valence-electron chi connectivity index (χ4n) is 1.83. The van der Waals surface area contributed by atoms with Crippen LogP contribution in [-0.2, 0) is 16.1 Å². The van der Waals surface area contributed by atoms with E-state index in [1.807, 2.05) is 18.2 Å². The first kappa shape index (κ1) is 14.3. The van der Waals surface area contributed by atoms with Crippen LogP contribution in [0, 0.1) is 5.41 Å². The zero-order valence-corrected chi connectivity index (χ0v) is 12.2. The molecular weight excluding hydrogens is 314 g/mol. The number of methoxy groups -OCH3 is 1. The molecule has 0 radical (unpaired) electrons. The van der Waals surface area contributed by atoms with Gasteiger partial charge in [-0.2, -0.15) is 0 Å². The van der Waals surface area contributed by atoms with Crippen molar-refractivity contribution in [1.82, 2.24) is 5.32 Å². The Morgan fingerprint density at radius 3 is 2.79 bits per heavy atom. The average molecular weight is 330 g/mol. The molecule has 0 aromatic heterocycles. The third-order valence-electron chi connectivity index (χ3n) is 3.21. The number of halogens is 1. The first-order chi connectivity index (χ1) is 9.11. The molecule has 2 rings (SSSR count). The maximum absolute atomic E-state index is 12.0. The van der Waals surface area contributed by atoms with E-state index in [1.165, 1.54) is 0 Å². The molecule has 1 aliphatic heterocycles. The van der Waals surface area contributed by atoms with E-state index in [4.69, 9.17) is 9.47 Å². The van der Waals surface area contributed by atoms with Crippen LogP contribution in [0.25, 0.3) is 0 Å². The normalized spacial score (nSPS) is 16.6. The number of carbonyl (C=O) groups is 1. The lowest BCUT2D eigenvalue weighted by molar-refractivity contribution is -0.170. The van der Waals surface area contributed by atoms with E-state index in [1.54, 1.807) is 7.11 Å². The minimum absolute atomic E-state index is 0.173. The Hall–Kier alpha value is -1.11. The smallest absolute Gasteiger partial charge is 0.233 e. The lowest BCUT2D eigenvalue weighted by Gasteiger charge is -2.38. The van der Waals surface area contributed by atoms with Crippen LogP contribution < -0.4 is 10.1 Å². The van der Waals surface area contributed by atoms with Gasteiger partial charge in [-0.1, -0.05) is 6.07 Å². The third-order valence-corrected chi connectivity index (χ3v) is 3.83. The molecule has 0 spiro atoms. The third kappa shape index (κ3) is 2.91. The van der Waals surface area contributed by atoms with Crippen molar-refractivity contribution in [2.75, 3.05) is 26.9 Å². The van der Waals surface area contributed by atoms with E-state index in [2.05, 4.69) is 21.2 Å². The Bertz CT molecular complexity index is 468. The molecule has 19 heavy (non-hydrogen) atoms. The summed E-state index contributed by atoms with van der Waals surface area (Å²) in [5, 5.41) is 12.1. The molecule has 1 heterocycles. The van der Waals surface area contributed by atoms with Gasteiger partial charge < -0.3 is 19.9 Å². The summed E-state index contributed by atoms with van der Waals surface area (Å²) in [6.07, 6.45) is 0. The number of hydrogen-bond donors (Lipinski definition) is 2. The zero-order chi connectivity index (χ0) is 13.9. The van der Waals surface area contributed by atoms with Gasteiger partial charge in [0.05, 0.1) is 31.4 Å². The minimum Gasteiger partial charge on any atom is -0.496 e. The van der Waals surface area contributed by atoms with Crippen molar-refractivity contribution in [3.63, 3.8) is 0 Å². The fourth-order valence-corrected chi connectivity index (χ4v) is 2.42. The van der Waals surface area contributed by atoms with Crippen molar-refractivity contribution in [1.29, 1.82) is 0 Å². The van der Waals surface area contributed by atoms with Gasteiger partial charge in [-0.3, -0.25) is 4.79 Å². The van der Waals surface area contributed by atoms with Crippen molar-refractivity contribution >= 4 is 21.8 Å². The lowest BCUT2D eigenvalue weighted by atomic mass is 9.86. The summed E-state index contributed by atoms with van der Waals surface area (Å²) in [6, 6.07) is 5.61. The Morgan fingerprint density at radius 2 is 2.32 bits per heavy atom. The molecule has 1 amide bonds. The molecule has 2 N–H and O–H groups in total. The summed E-state index contributed by atoms with van der Waals surface area (Å²) < 4.78 is 11.0. The fraction of sp³-hybridized carbons (Fsp3) is 0.462. The molecule has 0 atom stereocenters. The van der Waals surface area contributed by atoms with E-state index in [9.17, 15) is 9.90 Å². The topological polar surface area (TPSA) is 67.8 Å². The number of hydrogen-bond acceptors (Lipinski definition) is 4. The van der Waals surface area contributed by atoms with Crippen LogP contribution in [0.1, 0.15) is 5.56 Å². The summed E-state index contributed by atoms with van der Waals surface area (Å²) in [7, 11) is 1.60. The maximum Gasteiger partial charge on any atom is 0.233 e. The quantitative estimate of drug-likeness (QED) is 0.848. The molecule has 5 nitrogen and oxygen atoms in total. The van der Waals surface area contributed by atoms with Gasteiger partial charge in [0.25, 0.3) is 0 Å². The monoisotopic (exact) mass is 329 g/mol. The summed E-state index contributed by atoms with van der Waals surface area (Å²) >= 11 is 3.39. The summed E-state index contributed by atoms with van der Waals surface area (Å²) in [5.41, 5.74) is 0.193. The number of nitrogens with one attached hydrogen (secondary N) is 1. The highest BCUT2D eigenvalue weighted by Crippen LogP contribution is 2.28. The van der Waals surface area contributed by atoms with Crippen molar-refractivity contribution in [3.05, 3.63) is 28.2 Å². The van der Waals surface area contributed by atoms with E-state index >= 15 is 0 Å². The molecule has 6 heteroatoms. The van der Waals surface area contributed by atoms with Crippen LogP contribution in [0.3, 0.4) is 0 Å². The van der Waals surface area contributed by atoms with E-state index in [-0.39, 0.29) is 25.7 Å². The molecule has 1 aromatic rings. The number of rotatable bonds is 5. The van der Waals surface area contributed by atoms with Gasteiger partial charge in [0, 0.05) is 6.54 Å². The standard InChI is InChI=1S/C13H16BrNO4/c1-18-11-3-2-9(4-10(11)14)5-15-12(17)13(6-16)7-19-8-13/h2-4,16H,5-8H2,1H3,(H,15,17). The Balaban J connectivity index is 1.95. The van der Waals surface area contributed by atoms with Gasteiger partial charge in [0.1, 0.15) is 11.2 Å². The average Bonchev–Trinajstić information content (AvgIpc) is 2.36. The van der Waals surface area contributed by atoms with Crippen LogP contribution >= 0.6 is 15.9 Å². The van der Waals surface area contributed by atoms with Crippen LogP contribution in [0.4, 0.5) is 0 Å². The van der Waals surface area contributed by atoms with Crippen molar-refractivity contribution in [3.8, 4) is 5.75 Å². The highest BCUT2D eigenvalue weighted by molar-refractivity contribution is 9.10. The summed E-state index contributed by atoms with van der Waals surface area (Å²) in [6.45, 7) is 0.775. The Morgan fingerprint density at radius 1 is 1.58 bits per heavy atom. The number of ether oxygens (including phenoxy) is 2. The second-order valence-electron chi connectivity index (χ2n) is 4.58. The molecule has 0 aliphatic carbocycles. The summed E-state index contributed by atoms with van der Waals surface area (Å²) in [5.74, 6) is 0.572. The zero-order valence-electron chi connectivity index (χ0n) is 10.6. The van der Waals surface area contributed by atoms with E-state index in [0.29, 0.717) is 6.54 Å². The Kier molecular flexibility index (Phi) is 4.44. The molecule has 0 bridgehead atoms.